The van der Waals surface area contributed by atoms with Crippen LogP contribution in [0.15, 0.2) is 0 Å². The molecule has 6 aliphatic rings. The molecule has 1 N–H and O–H groups in total. The first kappa shape index (κ1) is 8.08. The van der Waals surface area contributed by atoms with E-state index in [2.05, 4.69) is 31.9 Å². The lowest BCUT2D eigenvalue weighted by Crippen LogP contribution is -2.43. The lowest BCUT2D eigenvalue weighted by atomic mass is 9.69. The maximum absolute atomic E-state index is 10.8. The molecule has 0 spiro atoms. The zero-order valence-electron chi connectivity index (χ0n) is 7.66. The Hall–Kier alpha value is 0.920. The second-order valence-electron chi connectivity index (χ2n) is 6.20. The molecule has 0 aromatic carbocycles. The van der Waals surface area contributed by atoms with E-state index >= 15 is 0 Å². The largest absolute Gasteiger partial charge is 0.389 e. The van der Waals surface area contributed by atoms with Gasteiger partial charge in [-0.3, -0.25) is 0 Å². The Morgan fingerprint density at radius 3 is 2.57 bits per heavy atom. The molecule has 6 aliphatic carbocycles. The van der Waals surface area contributed by atoms with Gasteiger partial charge < -0.3 is 5.11 Å². The van der Waals surface area contributed by atoms with Crippen molar-refractivity contribution in [1.29, 1.82) is 0 Å². The molecule has 6 saturated carbocycles. The van der Waals surface area contributed by atoms with Gasteiger partial charge in [-0.05, 0) is 48.3 Å². The van der Waals surface area contributed by atoms with Crippen molar-refractivity contribution in [2.45, 2.75) is 21.7 Å². The fourth-order valence-electron chi connectivity index (χ4n) is 6.55. The van der Waals surface area contributed by atoms with Crippen LogP contribution in [0.4, 0.5) is 0 Å². The van der Waals surface area contributed by atoms with Crippen molar-refractivity contribution in [3.63, 3.8) is 0 Å². The van der Waals surface area contributed by atoms with Crippen LogP contribution in [0.2, 0.25) is 0 Å². The summed E-state index contributed by atoms with van der Waals surface area (Å²) in [6, 6.07) is 0. The molecule has 0 unspecified atom stereocenters. The summed E-state index contributed by atoms with van der Waals surface area (Å²) in [5, 5.41) is 10.8. The third-order valence-corrected chi connectivity index (χ3v) is 8.36. The third kappa shape index (κ3) is 0.479. The Morgan fingerprint density at radius 2 is 1.86 bits per heavy atom. The molecule has 0 aromatic rings. The number of rotatable bonds is 0. The number of hydrogen-bond acceptors (Lipinski definition) is 1. The minimum atomic E-state index is -0.287. The molecule has 0 saturated heterocycles. The molecule has 14 heavy (non-hydrogen) atoms. The van der Waals surface area contributed by atoms with E-state index in [0.717, 1.165) is 36.0 Å². The highest BCUT2D eigenvalue weighted by molar-refractivity contribution is 9.25. The minimum absolute atomic E-state index is 0.0920. The molecule has 76 valence electrons. The second-order valence-corrected chi connectivity index (χ2v) is 9.89. The normalized spacial score (nSPS) is 78.6. The van der Waals surface area contributed by atoms with Gasteiger partial charge >= 0.3 is 0 Å². The lowest BCUT2D eigenvalue weighted by molar-refractivity contribution is -0.0538. The average molecular weight is 320 g/mol. The van der Waals surface area contributed by atoms with Crippen molar-refractivity contribution >= 4 is 31.9 Å². The van der Waals surface area contributed by atoms with Crippen LogP contribution in [-0.4, -0.2) is 13.9 Å². The maximum atomic E-state index is 10.8. The summed E-state index contributed by atoms with van der Waals surface area (Å²) in [4.78, 5) is 0. The highest BCUT2D eigenvalue weighted by atomic mass is 79.9. The van der Waals surface area contributed by atoms with Crippen molar-refractivity contribution in [3.8, 4) is 0 Å². The predicted octanol–water partition coefficient (Wildman–Crippen LogP) is 2.37. The van der Waals surface area contributed by atoms with E-state index in [-0.39, 0.29) is 8.83 Å². The van der Waals surface area contributed by atoms with Gasteiger partial charge in [-0.15, -0.1) is 0 Å². The van der Waals surface area contributed by atoms with Crippen LogP contribution < -0.4 is 0 Å². The van der Waals surface area contributed by atoms with Gasteiger partial charge in [0.05, 0.1) is 8.83 Å². The summed E-state index contributed by atoms with van der Waals surface area (Å²) in [5.74, 6) is 5.41. The minimum Gasteiger partial charge on any atom is -0.389 e. The fraction of sp³-hybridized carbons (Fsp3) is 1.00. The van der Waals surface area contributed by atoms with Gasteiger partial charge in [0.15, 0.2) is 0 Å². The van der Waals surface area contributed by atoms with Gasteiger partial charge in [-0.1, -0.05) is 31.9 Å². The van der Waals surface area contributed by atoms with Crippen molar-refractivity contribution in [3.05, 3.63) is 0 Å². The summed E-state index contributed by atoms with van der Waals surface area (Å²) < 4.78 is 0.0920. The molecule has 3 heteroatoms. The molecule has 8 atom stereocenters. The molecular formula is C11H12Br2O. The fourth-order valence-corrected chi connectivity index (χ4v) is 9.20. The molecule has 6 bridgehead atoms. The van der Waals surface area contributed by atoms with Gasteiger partial charge in [0.1, 0.15) is 0 Å². The molecule has 0 heterocycles. The van der Waals surface area contributed by atoms with Crippen LogP contribution in [0.5, 0.6) is 0 Å². The van der Waals surface area contributed by atoms with E-state index in [4.69, 9.17) is 0 Å². The monoisotopic (exact) mass is 318 g/mol. The third-order valence-electron chi connectivity index (χ3n) is 6.31. The van der Waals surface area contributed by atoms with Crippen LogP contribution in [-0.2, 0) is 0 Å². The number of alkyl halides is 2. The first-order chi connectivity index (χ1) is 6.57. The SMILES string of the molecule is O[C@@]12C[C@H]3[C@H]4C[C@H]5[C@@H]3[C@H]1C(Br)(Br)[C@H]5[C@H]42. The Morgan fingerprint density at radius 1 is 1.07 bits per heavy atom. The van der Waals surface area contributed by atoms with E-state index < -0.39 is 0 Å². The molecular weight excluding hydrogens is 308 g/mol. The van der Waals surface area contributed by atoms with Crippen molar-refractivity contribution in [1.82, 2.24) is 0 Å². The van der Waals surface area contributed by atoms with Crippen LogP contribution in [0.1, 0.15) is 12.8 Å². The van der Waals surface area contributed by atoms with Crippen LogP contribution in [0.25, 0.3) is 0 Å². The molecule has 0 radical (unpaired) electrons. The van der Waals surface area contributed by atoms with Crippen molar-refractivity contribution in [2.75, 3.05) is 0 Å². The predicted molar refractivity (Wildman–Crippen MR) is 59.2 cm³/mol. The molecule has 6 rings (SSSR count). The quantitative estimate of drug-likeness (QED) is 0.680. The maximum Gasteiger partial charge on any atom is 0.0898 e. The van der Waals surface area contributed by atoms with E-state index in [1.807, 2.05) is 0 Å². The summed E-state index contributed by atoms with van der Waals surface area (Å²) in [7, 11) is 0. The molecule has 1 nitrogen and oxygen atoms in total. The van der Waals surface area contributed by atoms with Crippen LogP contribution in [0, 0.1) is 41.4 Å². The Balaban J connectivity index is 1.89. The number of aliphatic hydroxyl groups is 1. The van der Waals surface area contributed by atoms with Crippen molar-refractivity contribution in [2.24, 2.45) is 41.4 Å². The number of halogens is 2. The first-order valence-electron chi connectivity index (χ1n) is 5.67. The van der Waals surface area contributed by atoms with Crippen LogP contribution >= 0.6 is 31.9 Å². The summed E-state index contributed by atoms with van der Waals surface area (Å²) in [6.45, 7) is 0. The highest BCUT2D eigenvalue weighted by Crippen LogP contribution is 2.88. The van der Waals surface area contributed by atoms with Gasteiger partial charge in [0, 0.05) is 5.92 Å². The second kappa shape index (κ2) is 1.80. The average Bonchev–Trinajstić information content (AvgIpc) is 2.70. The first-order valence-corrected chi connectivity index (χ1v) is 7.25. The topological polar surface area (TPSA) is 20.2 Å². The Labute approximate surface area is 99.9 Å². The highest BCUT2D eigenvalue weighted by Gasteiger charge is 2.89. The smallest absolute Gasteiger partial charge is 0.0898 e. The molecule has 0 aromatic heterocycles. The van der Waals surface area contributed by atoms with Gasteiger partial charge in [0.2, 0.25) is 0 Å². The van der Waals surface area contributed by atoms with E-state index in [0.29, 0.717) is 11.8 Å². The lowest BCUT2D eigenvalue weighted by Gasteiger charge is -2.38. The van der Waals surface area contributed by atoms with E-state index in [1.54, 1.807) is 0 Å². The van der Waals surface area contributed by atoms with Gasteiger partial charge in [-0.25, -0.2) is 0 Å². The standard InChI is InChI=1S/C11H12Br2O/c12-11(13)8-4-1-3-5-2-10(14,7(3)8)9(11)6(4)5/h3-9,14H,1-2H2/t3-,4+,5+,6+,7+,8-,9-,10-/m1/s1. The van der Waals surface area contributed by atoms with Gasteiger partial charge in [0.25, 0.3) is 0 Å². The van der Waals surface area contributed by atoms with Crippen LogP contribution in [0.3, 0.4) is 0 Å². The van der Waals surface area contributed by atoms with Gasteiger partial charge in [-0.2, -0.15) is 0 Å². The molecule has 0 aliphatic heterocycles. The zero-order valence-corrected chi connectivity index (χ0v) is 10.8. The Bertz CT molecular complexity index is 368. The Kier molecular flexibility index (Phi) is 1.04. The summed E-state index contributed by atoms with van der Waals surface area (Å²) in [5.41, 5.74) is -0.287. The zero-order chi connectivity index (χ0) is 9.46. The van der Waals surface area contributed by atoms with E-state index in [9.17, 15) is 5.11 Å². The summed E-state index contributed by atoms with van der Waals surface area (Å²) >= 11 is 7.77. The van der Waals surface area contributed by atoms with Crippen molar-refractivity contribution < 1.29 is 5.11 Å². The molecule has 6 fully saturated rings. The summed E-state index contributed by atoms with van der Waals surface area (Å²) in [6.07, 6.45) is 2.53. The number of hydrogen-bond donors (Lipinski definition) is 1. The van der Waals surface area contributed by atoms with E-state index in [1.165, 1.54) is 6.42 Å². The molecule has 0 amide bonds.